The van der Waals surface area contributed by atoms with Crippen molar-refractivity contribution in [1.82, 2.24) is 4.90 Å². The molecular formula is C15H23N3O4S. The topological polar surface area (TPSA) is 102 Å². The Balaban J connectivity index is 2.07. The fourth-order valence-electron chi connectivity index (χ4n) is 2.70. The van der Waals surface area contributed by atoms with Crippen LogP contribution in [0.15, 0.2) is 29.2 Å². The number of hydrogen-bond donors (Lipinski definition) is 2. The van der Waals surface area contributed by atoms with Crippen molar-refractivity contribution in [2.45, 2.75) is 43.9 Å². The largest absolute Gasteiger partial charge is 0.373 e. The summed E-state index contributed by atoms with van der Waals surface area (Å²) in [7, 11) is -3.79. The molecule has 7 nitrogen and oxygen atoms in total. The fourth-order valence-corrected chi connectivity index (χ4v) is 3.26. The number of rotatable bonds is 4. The van der Waals surface area contributed by atoms with E-state index in [2.05, 4.69) is 10.2 Å². The Kier molecular flexibility index (Phi) is 5.41. The molecule has 3 atom stereocenters. The molecule has 3 N–H and O–H groups in total. The first-order chi connectivity index (χ1) is 10.7. The molecule has 0 aromatic heterocycles. The van der Waals surface area contributed by atoms with Gasteiger partial charge in [0.15, 0.2) is 0 Å². The molecule has 1 saturated heterocycles. The standard InChI is InChI=1S/C15H23N3O4S/c1-10-8-18(9-11(2)22-10)12(3)15(19)17-13-5-4-6-14(7-13)23(16,20)21/h4-7,10-12H,8-9H2,1-3H3,(H,17,19)(H2,16,20,21)/t10-,11+,12-/m1/s1. The summed E-state index contributed by atoms with van der Waals surface area (Å²) in [5.74, 6) is -0.196. The highest BCUT2D eigenvalue weighted by molar-refractivity contribution is 7.89. The number of carbonyl (C=O) groups is 1. The number of anilines is 1. The van der Waals surface area contributed by atoms with Gasteiger partial charge in [0.2, 0.25) is 15.9 Å². The maximum Gasteiger partial charge on any atom is 0.241 e. The van der Waals surface area contributed by atoms with E-state index in [4.69, 9.17) is 9.88 Å². The highest BCUT2D eigenvalue weighted by Crippen LogP contribution is 2.17. The number of nitrogens with two attached hydrogens (primary N) is 1. The number of benzene rings is 1. The number of ether oxygens (including phenoxy) is 1. The van der Waals surface area contributed by atoms with Gasteiger partial charge in [0, 0.05) is 18.8 Å². The Morgan fingerprint density at radius 2 is 1.96 bits per heavy atom. The second kappa shape index (κ2) is 6.96. The van der Waals surface area contributed by atoms with E-state index in [0.29, 0.717) is 18.8 Å². The third-order valence-electron chi connectivity index (χ3n) is 3.81. The van der Waals surface area contributed by atoms with Crippen LogP contribution >= 0.6 is 0 Å². The van der Waals surface area contributed by atoms with Gasteiger partial charge in [-0.05, 0) is 39.0 Å². The predicted molar refractivity (Wildman–Crippen MR) is 87.5 cm³/mol. The summed E-state index contributed by atoms with van der Waals surface area (Å²) in [4.78, 5) is 14.4. The van der Waals surface area contributed by atoms with Gasteiger partial charge in [0.05, 0.1) is 23.1 Å². The number of amides is 1. The van der Waals surface area contributed by atoms with Crippen LogP contribution in [0.1, 0.15) is 20.8 Å². The van der Waals surface area contributed by atoms with Gasteiger partial charge in [-0.25, -0.2) is 13.6 Å². The normalized spacial score (nSPS) is 24.2. The maximum absolute atomic E-state index is 12.4. The van der Waals surface area contributed by atoms with Crippen molar-refractivity contribution in [2.24, 2.45) is 5.14 Å². The number of carbonyl (C=O) groups excluding carboxylic acids is 1. The molecule has 0 bridgehead atoms. The van der Waals surface area contributed by atoms with E-state index in [0.717, 1.165) is 0 Å². The maximum atomic E-state index is 12.4. The van der Waals surface area contributed by atoms with Gasteiger partial charge in [-0.15, -0.1) is 0 Å². The summed E-state index contributed by atoms with van der Waals surface area (Å²) in [5, 5.41) is 7.84. The summed E-state index contributed by atoms with van der Waals surface area (Å²) in [5.41, 5.74) is 0.405. The molecule has 2 rings (SSSR count). The smallest absolute Gasteiger partial charge is 0.241 e. The number of hydrogen-bond acceptors (Lipinski definition) is 5. The van der Waals surface area contributed by atoms with Gasteiger partial charge in [-0.2, -0.15) is 0 Å². The summed E-state index contributed by atoms with van der Waals surface area (Å²) in [6.07, 6.45) is 0.138. The molecule has 0 unspecified atom stereocenters. The van der Waals surface area contributed by atoms with Crippen molar-refractivity contribution in [3.8, 4) is 0 Å². The molecule has 1 fully saturated rings. The van der Waals surface area contributed by atoms with Gasteiger partial charge < -0.3 is 10.1 Å². The summed E-state index contributed by atoms with van der Waals surface area (Å²) in [6, 6.07) is 5.56. The molecule has 0 aliphatic carbocycles. The zero-order valence-corrected chi connectivity index (χ0v) is 14.3. The van der Waals surface area contributed by atoms with E-state index < -0.39 is 10.0 Å². The minimum absolute atomic E-state index is 0.0310. The lowest BCUT2D eigenvalue weighted by Crippen LogP contribution is -2.52. The lowest BCUT2D eigenvalue weighted by atomic mass is 10.1. The summed E-state index contributed by atoms with van der Waals surface area (Å²) in [6.45, 7) is 7.13. The van der Waals surface area contributed by atoms with Crippen LogP contribution in [0.5, 0.6) is 0 Å². The highest BCUT2D eigenvalue weighted by Gasteiger charge is 2.29. The minimum Gasteiger partial charge on any atom is -0.373 e. The van der Waals surface area contributed by atoms with Gasteiger partial charge in [0.25, 0.3) is 0 Å². The van der Waals surface area contributed by atoms with Crippen LogP contribution in [-0.2, 0) is 19.6 Å². The van der Waals surface area contributed by atoms with Crippen molar-refractivity contribution in [3.05, 3.63) is 24.3 Å². The van der Waals surface area contributed by atoms with Crippen molar-refractivity contribution < 1.29 is 17.9 Å². The Bertz CT molecular complexity index is 667. The van der Waals surface area contributed by atoms with Gasteiger partial charge in [-0.3, -0.25) is 9.69 Å². The van der Waals surface area contributed by atoms with E-state index in [1.807, 2.05) is 20.8 Å². The van der Waals surface area contributed by atoms with Crippen molar-refractivity contribution >= 4 is 21.6 Å². The molecule has 8 heteroatoms. The van der Waals surface area contributed by atoms with Crippen LogP contribution in [0.2, 0.25) is 0 Å². The lowest BCUT2D eigenvalue weighted by molar-refractivity contribution is -0.126. The van der Waals surface area contributed by atoms with E-state index in [9.17, 15) is 13.2 Å². The first kappa shape index (κ1) is 17.9. The third kappa shape index (κ3) is 4.74. The molecule has 1 amide bonds. The Labute approximate surface area is 136 Å². The van der Waals surface area contributed by atoms with Gasteiger partial charge in [0.1, 0.15) is 0 Å². The van der Waals surface area contributed by atoms with Crippen LogP contribution in [0.3, 0.4) is 0 Å². The molecule has 0 spiro atoms. The average Bonchev–Trinajstić information content (AvgIpc) is 2.44. The zero-order valence-electron chi connectivity index (χ0n) is 13.5. The molecule has 1 aromatic carbocycles. The molecule has 0 saturated carbocycles. The second-order valence-corrected chi connectivity index (χ2v) is 7.51. The van der Waals surface area contributed by atoms with Crippen molar-refractivity contribution in [3.63, 3.8) is 0 Å². The first-order valence-electron chi connectivity index (χ1n) is 7.50. The summed E-state index contributed by atoms with van der Waals surface area (Å²) < 4.78 is 28.4. The molecule has 0 radical (unpaired) electrons. The van der Waals surface area contributed by atoms with Crippen LogP contribution < -0.4 is 10.5 Å². The first-order valence-corrected chi connectivity index (χ1v) is 9.04. The minimum atomic E-state index is -3.79. The van der Waals surface area contributed by atoms with Gasteiger partial charge >= 0.3 is 0 Å². The summed E-state index contributed by atoms with van der Waals surface area (Å²) >= 11 is 0. The quantitative estimate of drug-likeness (QED) is 0.842. The second-order valence-electron chi connectivity index (χ2n) is 5.95. The zero-order chi connectivity index (χ0) is 17.2. The molecular weight excluding hydrogens is 318 g/mol. The predicted octanol–water partition coefficient (Wildman–Crippen LogP) is 0.770. The number of primary sulfonamides is 1. The Hall–Kier alpha value is -1.48. The van der Waals surface area contributed by atoms with Crippen LogP contribution in [0.4, 0.5) is 5.69 Å². The highest BCUT2D eigenvalue weighted by atomic mass is 32.2. The monoisotopic (exact) mass is 341 g/mol. The van der Waals surface area contributed by atoms with Crippen molar-refractivity contribution in [2.75, 3.05) is 18.4 Å². The molecule has 1 heterocycles. The third-order valence-corrected chi connectivity index (χ3v) is 4.72. The van der Waals surface area contributed by atoms with E-state index in [1.165, 1.54) is 12.1 Å². The molecule has 1 aliphatic heterocycles. The Morgan fingerprint density at radius 3 is 2.52 bits per heavy atom. The van der Waals surface area contributed by atoms with Gasteiger partial charge in [-0.1, -0.05) is 6.07 Å². The van der Waals surface area contributed by atoms with E-state index in [-0.39, 0.29) is 29.1 Å². The number of nitrogens with zero attached hydrogens (tertiary/aromatic N) is 1. The van der Waals surface area contributed by atoms with E-state index >= 15 is 0 Å². The molecule has 1 aliphatic rings. The SMILES string of the molecule is C[C@@H]1CN([C@H](C)C(=O)Nc2cccc(S(N)(=O)=O)c2)C[C@H](C)O1. The lowest BCUT2D eigenvalue weighted by Gasteiger charge is -2.38. The Morgan fingerprint density at radius 1 is 1.35 bits per heavy atom. The van der Waals surface area contributed by atoms with Crippen LogP contribution in [-0.4, -0.2) is 50.6 Å². The number of sulfonamides is 1. The average molecular weight is 341 g/mol. The fraction of sp³-hybridized carbons (Fsp3) is 0.533. The number of nitrogens with one attached hydrogen (secondary N) is 1. The molecule has 128 valence electrons. The molecule has 1 aromatic rings. The van der Waals surface area contributed by atoms with Crippen LogP contribution in [0, 0.1) is 0 Å². The number of morpholine rings is 1. The van der Waals surface area contributed by atoms with Crippen molar-refractivity contribution in [1.29, 1.82) is 0 Å². The van der Waals surface area contributed by atoms with E-state index in [1.54, 1.807) is 12.1 Å². The van der Waals surface area contributed by atoms with Crippen LogP contribution in [0.25, 0.3) is 0 Å². The molecule has 23 heavy (non-hydrogen) atoms.